The van der Waals surface area contributed by atoms with Crippen molar-refractivity contribution in [2.75, 3.05) is 6.61 Å². The average Bonchev–Trinajstić information content (AvgIpc) is 2.88. The quantitative estimate of drug-likeness (QED) is 0.842. The lowest BCUT2D eigenvalue weighted by molar-refractivity contribution is -0.123. The lowest BCUT2D eigenvalue weighted by Crippen LogP contribution is -2.43. The summed E-state index contributed by atoms with van der Waals surface area (Å²) in [6, 6.07) is 8.89. The number of nitrogens with one attached hydrogen (secondary N) is 2. The second-order valence-electron chi connectivity index (χ2n) is 4.72. The van der Waals surface area contributed by atoms with Crippen LogP contribution in [0.2, 0.25) is 4.34 Å². The van der Waals surface area contributed by atoms with Gasteiger partial charge >= 0.3 is 0 Å². The lowest BCUT2D eigenvalue weighted by atomic mass is 10.1. The molecule has 0 radical (unpaired) electrons. The van der Waals surface area contributed by atoms with Crippen molar-refractivity contribution in [3.8, 4) is 5.75 Å². The van der Waals surface area contributed by atoms with E-state index < -0.39 is 11.8 Å². The summed E-state index contributed by atoms with van der Waals surface area (Å²) < 4.78 is 5.90. The van der Waals surface area contributed by atoms with E-state index in [1.54, 1.807) is 12.1 Å². The number of hydrazine groups is 1. The molecule has 5 nitrogen and oxygen atoms in total. The number of ether oxygens (including phenoxy) is 1. The average molecular weight is 339 g/mol. The number of carbonyl (C=O) groups is 2. The molecule has 0 saturated heterocycles. The maximum Gasteiger partial charge on any atom is 0.279 e. The minimum absolute atomic E-state index is 0.186. The van der Waals surface area contributed by atoms with E-state index in [2.05, 4.69) is 10.9 Å². The maximum absolute atomic E-state index is 11.7. The molecule has 0 saturated carbocycles. The van der Waals surface area contributed by atoms with Gasteiger partial charge in [0.1, 0.15) is 5.75 Å². The molecule has 1 aromatic heterocycles. The van der Waals surface area contributed by atoms with E-state index in [1.807, 2.05) is 32.0 Å². The van der Waals surface area contributed by atoms with Crippen LogP contribution in [0.15, 0.2) is 30.3 Å². The van der Waals surface area contributed by atoms with Crippen molar-refractivity contribution < 1.29 is 14.3 Å². The van der Waals surface area contributed by atoms with Crippen molar-refractivity contribution in [2.24, 2.45) is 0 Å². The Morgan fingerprint density at radius 1 is 1.14 bits per heavy atom. The Balaban J connectivity index is 1.79. The highest BCUT2D eigenvalue weighted by atomic mass is 35.5. The first-order valence-electron chi connectivity index (χ1n) is 6.49. The smallest absolute Gasteiger partial charge is 0.279 e. The molecule has 1 heterocycles. The van der Waals surface area contributed by atoms with Gasteiger partial charge in [0.05, 0.1) is 9.21 Å². The predicted octanol–water partition coefficient (Wildman–Crippen LogP) is 2.86. The van der Waals surface area contributed by atoms with Crippen LogP contribution < -0.4 is 15.6 Å². The second-order valence-corrected chi connectivity index (χ2v) is 6.43. The van der Waals surface area contributed by atoms with Crippen molar-refractivity contribution in [2.45, 2.75) is 13.8 Å². The summed E-state index contributed by atoms with van der Waals surface area (Å²) in [5, 5.41) is 0. The van der Waals surface area contributed by atoms with Crippen LogP contribution in [0.4, 0.5) is 0 Å². The summed E-state index contributed by atoms with van der Waals surface area (Å²) in [4.78, 5) is 23.8. The number of carbonyl (C=O) groups excluding carboxylic acids is 2. The highest BCUT2D eigenvalue weighted by Gasteiger charge is 2.10. The van der Waals surface area contributed by atoms with Crippen LogP contribution in [0.3, 0.4) is 0 Å². The number of rotatable bonds is 4. The molecule has 0 atom stereocenters. The molecular weight excluding hydrogens is 324 g/mol. The van der Waals surface area contributed by atoms with Crippen molar-refractivity contribution in [1.29, 1.82) is 0 Å². The van der Waals surface area contributed by atoms with Gasteiger partial charge in [-0.25, -0.2) is 0 Å². The zero-order chi connectivity index (χ0) is 16.1. The summed E-state index contributed by atoms with van der Waals surface area (Å²) in [6.45, 7) is 3.72. The zero-order valence-electron chi connectivity index (χ0n) is 12.1. The molecule has 116 valence electrons. The Morgan fingerprint density at radius 2 is 1.82 bits per heavy atom. The Bertz CT molecular complexity index is 680. The SMILES string of the molecule is Cc1cc(C)cc(OCC(=O)NNC(=O)c2ccc(Cl)s2)c1. The van der Waals surface area contributed by atoms with Crippen LogP contribution in [-0.2, 0) is 4.79 Å². The Labute approximate surface area is 137 Å². The van der Waals surface area contributed by atoms with E-state index >= 15 is 0 Å². The Kier molecular flexibility index (Phi) is 5.41. The monoisotopic (exact) mass is 338 g/mol. The number of halogens is 1. The van der Waals surface area contributed by atoms with Gasteiger partial charge in [0.25, 0.3) is 11.8 Å². The molecule has 0 fully saturated rings. The van der Waals surface area contributed by atoms with Gasteiger partial charge in [0.2, 0.25) is 0 Å². The molecule has 2 rings (SSSR count). The van der Waals surface area contributed by atoms with Crippen LogP contribution in [-0.4, -0.2) is 18.4 Å². The number of amides is 2. The summed E-state index contributed by atoms with van der Waals surface area (Å²) >= 11 is 6.87. The predicted molar refractivity (Wildman–Crippen MR) is 86.3 cm³/mol. The first-order valence-corrected chi connectivity index (χ1v) is 7.69. The van der Waals surface area contributed by atoms with Gasteiger partial charge in [0.15, 0.2) is 6.61 Å². The van der Waals surface area contributed by atoms with E-state index in [0.717, 1.165) is 22.5 Å². The van der Waals surface area contributed by atoms with Gasteiger partial charge in [-0.1, -0.05) is 17.7 Å². The first kappa shape index (κ1) is 16.3. The lowest BCUT2D eigenvalue weighted by Gasteiger charge is -2.09. The van der Waals surface area contributed by atoms with Gasteiger partial charge < -0.3 is 4.74 Å². The minimum atomic E-state index is -0.449. The molecule has 2 N–H and O–H groups in total. The van der Waals surface area contributed by atoms with Gasteiger partial charge in [-0.05, 0) is 49.2 Å². The fourth-order valence-electron chi connectivity index (χ4n) is 1.83. The standard InChI is InChI=1S/C15H15ClN2O3S/c1-9-5-10(2)7-11(6-9)21-8-14(19)17-18-15(20)12-3-4-13(16)22-12/h3-7H,8H2,1-2H3,(H,17,19)(H,18,20). The van der Waals surface area contributed by atoms with Crippen LogP contribution in [0, 0.1) is 13.8 Å². The van der Waals surface area contributed by atoms with Gasteiger partial charge in [-0.3, -0.25) is 20.4 Å². The third-order valence-corrected chi connectivity index (χ3v) is 3.91. The maximum atomic E-state index is 11.7. The van der Waals surface area contributed by atoms with Crippen molar-refractivity contribution in [3.63, 3.8) is 0 Å². The fourth-order valence-corrected chi connectivity index (χ4v) is 2.76. The Morgan fingerprint density at radius 3 is 2.41 bits per heavy atom. The third kappa shape index (κ3) is 4.75. The minimum Gasteiger partial charge on any atom is -0.484 e. The number of hydrogen-bond acceptors (Lipinski definition) is 4. The number of hydrogen-bond donors (Lipinski definition) is 2. The molecule has 0 unspecified atom stereocenters. The number of thiophene rings is 1. The summed E-state index contributed by atoms with van der Waals surface area (Å²) in [5.74, 6) is -0.254. The Hall–Kier alpha value is -2.05. The summed E-state index contributed by atoms with van der Waals surface area (Å²) in [6.07, 6.45) is 0. The third-order valence-electron chi connectivity index (χ3n) is 2.68. The molecule has 0 aliphatic rings. The number of benzene rings is 1. The molecule has 22 heavy (non-hydrogen) atoms. The van der Waals surface area contributed by atoms with Crippen molar-refractivity contribution >= 4 is 34.8 Å². The van der Waals surface area contributed by atoms with E-state index in [4.69, 9.17) is 16.3 Å². The topological polar surface area (TPSA) is 67.4 Å². The molecule has 0 aliphatic carbocycles. The van der Waals surface area contributed by atoms with E-state index in [-0.39, 0.29) is 6.61 Å². The summed E-state index contributed by atoms with van der Waals surface area (Å²) in [7, 11) is 0. The highest BCUT2D eigenvalue weighted by molar-refractivity contribution is 7.17. The van der Waals surface area contributed by atoms with Crippen LogP contribution in [0.1, 0.15) is 20.8 Å². The molecule has 1 aromatic carbocycles. The van der Waals surface area contributed by atoms with E-state index in [9.17, 15) is 9.59 Å². The molecule has 0 spiro atoms. The van der Waals surface area contributed by atoms with Gasteiger partial charge in [-0.15, -0.1) is 11.3 Å². The van der Waals surface area contributed by atoms with Crippen LogP contribution in [0.25, 0.3) is 0 Å². The molecule has 2 amide bonds. The van der Waals surface area contributed by atoms with E-state index in [0.29, 0.717) is 15.0 Å². The molecule has 2 aromatic rings. The highest BCUT2D eigenvalue weighted by Crippen LogP contribution is 2.20. The molecule has 7 heteroatoms. The first-order chi connectivity index (χ1) is 10.4. The van der Waals surface area contributed by atoms with Crippen LogP contribution in [0.5, 0.6) is 5.75 Å². The van der Waals surface area contributed by atoms with Crippen molar-refractivity contribution in [3.05, 3.63) is 50.7 Å². The fraction of sp³-hybridized carbons (Fsp3) is 0.200. The molecule has 0 bridgehead atoms. The normalized spacial score (nSPS) is 10.1. The van der Waals surface area contributed by atoms with E-state index in [1.165, 1.54) is 0 Å². The molecular formula is C15H15ClN2O3S. The largest absolute Gasteiger partial charge is 0.484 e. The molecule has 0 aliphatic heterocycles. The zero-order valence-corrected chi connectivity index (χ0v) is 13.7. The van der Waals surface area contributed by atoms with Gasteiger partial charge in [0, 0.05) is 0 Å². The number of aryl methyl sites for hydroxylation is 2. The van der Waals surface area contributed by atoms with Crippen LogP contribution >= 0.6 is 22.9 Å². The van der Waals surface area contributed by atoms with Gasteiger partial charge in [-0.2, -0.15) is 0 Å². The van der Waals surface area contributed by atoms with Crippen molar-refractivity contribution in [1.82, 2.24) is 10.9 Å². The summed E-state index contributed by atoms with van der Waals surface area (Å²) in [5.41, 5.74) is 6.70. The second kappa shape index (κ2) is 7.29.